The first-order chi connectivity index (χ1) is 8.26. The van der Waals surface area contributed by atoms with Crippen LogP contribution in [0.4, 0.5) is 0 Å². The van der Waals surface area contributed by atoms with Crippen LogP contribution in [0, 0.1) is 0 Å². The molecule has 1 aromatic heterocycles. The van der Waals surface area contributed by atoms with Crippen molar-refractivity contribution in [2.75, 3.05) is 13.2 Å². The molecule has 3 heteroatoms. The Labute approximate surface area is 104 Å². The maximum Gasteiger partial charge on any atom is 0.0848 e. The van der Waals surface area contributed by atoms with Gasteiger partial charge in [-0.2, -0.15) is 0 Å². The van der Waals surface area contributed by atoms with E-state index in [4.69, 9.17) is 4.74 Å². The van der Waals surface area contributed by atoms with E-state index in [0.717, 1.165) is 19.6 Å². The van der Waals surface area contributed by atoms with Crippen LogP contribution in [0.25, 0.3) is 0 Å². The molecule has 0 aromatic carbocycles. The standard InChI is InChI=1S/C14H22N2O/c1-3-16-13(12-7-6-9-15-11-12)14(2)8-4-5-10-17-14/h6-7,9,11,13,16H,3-5,8,10H2,1-2H3. The van der Waals surface area contributed by atoms with Gasteiger partial charge in [0.15, 0.2) is 0 Å². The molecule has 1 N–H and O–H groups in total. The minimum Gasteiger partial charge on any atom is -0.373 e. The van der Waals surface area contributed by atoms with Gasteiger partial charge in [-0.05, 0) is 44.4 Å². The molecule has 2 atom stereocenters. The zero-order valence-corrected chi connectivity index (χ0v) is 10.8. The highest BCUT2D eigenvalue weighted by Gasteiger charge is 2.37. The average molecular weight is 234 g/mol. The third-order valence-corrected chi connectivity index (χ3v) is 3.54. The molecule has 0 radical (unpaired) electrons. The Bertz CT molecular complexity index is 333. The Balaban J connectivity index is 2.22. The van der Waals surface area contributed by atoms with Crippen molar-refractivity contribution in [2.45, 2.75) is 44.8 Å². The van der Waals surface area contributed by atoms with E-state index < -0.39 is 0 Å². The molecule has 3 nitrogen and oxygen atoms in total. The van der Waals surface area contributed by atoms with E-state index in [-0.39, 0.29) is 11.6 Å². The van der Waals surface area contributed by atoms with E-state index in [1.54, 1.807) is 0 Å². The molecule has 1 aromatic rings. The van der Waals surface area contributed by atoms with Crippen LogP contribution in [-0.4, -0.2) is 23.7 Å². The lowest BCUT2D eigenvalue weighted by molar-refractivity contribution is -0.0896. The fourth-order valence-electron chi connectivity index (χ4n) is 2.62. The molecule has 0 amide bonds. The quantitative estimate of drug-likeness (QED) is 0.869. The maximum atomic E-state index is 6.04. The average Bonchev–Trinajstić information content (AvgIpc) is 2.38. The molecule has 1 saturated heterocycles. The van der Waals surface area contributed by atoms with Crippen molar-refractivity contribution < 1.29 is 4.74 Å². The summed E-state index contributed by atoms with van der Waals surface area (Å²) in [4.78, 5) is 4.22. The third kappa shape index (κ3) is 2.85. The highest BCUT2D eigenvalue weighted by molar-refractivity contribution is 5.18. The van der Waals surface area contributed by atoms with Gasteiger partial charge < -0.3 is 10.1 Å². The fraction of sp³-hybridized carbons (Fsp3) is 0.643. The zero-order valence-electron chi connectivity index (χ0n) is 10.8. The van der Waals surface area contributed by atoms with Gasteiger partial charge in [-0.3, -0.25) is 4.98 Å². The zero-order chi connectivity index (χ0) is 12.1. The summed E-state index contributed by atoms with van der Waals surface area (Å²) in [6.07, 6.45) is 7.30. The number of hydrogen-bond acceptors (Lipinski definition) is 3. The van der Waals surface area contributed by atoms with E-state index in [0.29, 0.717) is 0 Å². The summed E-state index contributed by atoms with van der Waals surface area (Å²) in [6, 6.07) is 4.36. The molecule has 2 unspecified atom stereocenters. The molecule has 2 heterocycles. The molecule has 17 heavy (non-hydrogen) atoms. The van der Waals surface area contributed by atoms with Crippen LogP contribution in [0.1, 0.15) is 44.7 Å². The van der Waals surface area contributed by atoms with Crippen LogP contribution < -0.4 is 5.32 Å². The molecule has 2 rings (SSSR count). The van der Waals surface area contributed by atoms with Crippen LogP contribution >= 0.6 is 0 Å². The number of pyridine rings is 1. The lowest BCUT2D eigenvalue weighted by Gasteiger charge is -2.41. The van der Waals surface area contributed by atoms with Crippen molar-refractivity contribution in [2.24, 2.45) is 0 Å². The highest BCUT2D eigenvalue weighted by atomic mass is 16.5. The van der Waals surface area contributed by atoms with Crippen molar-refractivity contribution in [1.29, 1.82) is 0 Å². The van der Waals surface area contributed by atoms with Gasteiger partial charge in [-0.1, -0.05) is 13.0 Å². The molecule has 0 aliphatic carbocycles. The van der Waals surface area contributed by atoms with Crippen LogP contribution in [-0.2, 0) is 4.74 Å². The predicted octanol–water partition coefficient (Wildman–Crippen LogP) is 2.69. The maximum absolute atomic E-state index is 6.04. The molecule has 0 bridgehead atoms. The van der Waals surface area contributed by atoms with E-state index in [1.807, 2.05) is 18.5 Å². The summed E-state index contributed by atoms with van der Waals surface area (Å²) in [7, 11) is 0. The summed E-state index contributed by atoms with van der Waals surface area (Å²) in [6.45, 7) is 6.17. The van der Waals surface area contributed by atoms with Crippen molar-refractivity contribution in [1.82, 2.24) is 10.3 Å². The van der Waals surface area contributed by atoms with Crippen LogP contribution in [0.3, 0.4) is 0 Å². The Morgan fingerprint density at radius 3 is 3.00 bits per heavy atom. The monoisotopic (exact) mass is 234 g/mol. The largest absolute Gasteiger partial charge is 0.373 e. The van der Waals surface area contributed by atoms with Gasteiger partial charge in [0.05, 0.1) is 11.6 Å². The van der Waals surface area contributed by atoms with Crippen LogP contribution in [0.2, 0.25) is 0 Å². The Morgan fingerprint density at radius 1 is 1.53 bits per heavy atom. The summed E-state index contributed by atoms with van der Waals surface area (Å²) < 4.78 is 6.04. The predicted molar refractivity (Wildman–Crippen MR) is 68.9 cm³/mol. The second-order valence-corrected chi connectivity index (χ2v) is 4.90. The van der Waals surface area contributed by atoms with Gasteiger partial charge in [0, 0.05) is 19.0 Å². The number of ether oxygens (including phenoxy) is 1. The van der Waals surface area contributed by atoms with Gasteiger partial charge in [0.2, 0.25) is 0 Å². The van der Waals surface area contributed by atoms with Crippen LogP contribution in [0.15, 0.2) is 24.5 Å². The fourth-order valence-corrected chi connectivity index (χ4v) is 2.62. The minimum atomic E-state index is -0.0999. The summed E-state index contributed by atoms with van der Waals surface area (Å²) in [5, 5.41) is 3.54. The lowest BCUT2D eigenvalue weighted by atomic mass is 9.84. The van der Waals surface area contributed by atoms with E-state index in [9.17, 15) is 0 Å². The van der Waals surface area contributed by atoms with Gasteiger partial charge in [0.25, 0.3) is 0 Å². The Kier molecular flexibility index (Phi) is 4.13. The van der Waals surface area contributed by atoms with E-state index in [2.05, 4.69) is 30.2 Å². The second-order valence-electron chi connectivity index (χ2n) is 4.90. The smallest absolute Gasteiger partial charge is 0.0848 e. The first kappa shape index (κ1) is 12.5. The SMILES string of the molecule is CCNC(c1cccnc1)C1(C)CCCCO1. The van der Waals surface area contributed by atoms with E-state index in [1.165, 1.54) is 18.4 Å². The van der Waals surface area contributed by atoms with Crippen molar-refractivity contribution in [3.8, 4) is 0 Å². The van der Waals surface area contributed by atoms with Gasteiger partial charge in [-0.25, -0.2) is 0 Å². The minimum absolute atomic E-state index is 0.0999. The number of rotatable bonds is 4. The molecular weight excluding hydrogens is 212 g/mol. The number of nitrogens with zero attached hydrogens (tertiary/aromatic N) is 1. The Hall–Kier alpha value is -0.930. The second kappa shape index (κ2) is 5.61. The van der Waals surface area contributed by atoms with Crippen LogP contribution in [0.5, 0.6) is 0 Å². The van der Waals surface area contributed by atoms with Crippen molar-refractivity contribution in [3.63, 3.8) is 0 Å². The molecular formula is C14H22N2O. The molecule has 94 valence electrons. The number of likely N-dealkylation sites (N-methyl/N-ethyl adjacent to an activating group) is 1. The molecule has 0 saturated carbocycles. The summed E-state index contributed by atoms with van der Waals surface area (Å²) >= 11 is 0. The number of aromatic nitrogens is 1. The third-order valence-electron chi connectivity index (χ3n) is 3.54. The summed E-state index contributed by atoms with van der Waals surface area (Å²) in [5.41, 5.74) is 1.12. The topological polar surface area (TPSA) is 34.2 Å². The van der Waals surface area contributed by atoms with Gasteiger partial charge in [-0.15, -0.1) is 0 Å². The number of hydrogen-bond donors (Lipinski definition) is 1. The molecule has 1 aliphatic rings. The summed E-state index contributed by atoms with van der Waals surface area (Å²) in [5.74, 6) is 0. The van der Waals surface area contributed by atoms with Gasteiger partial charge >= 0.3 is 0 Å². The first-order valence-electron chi connectivity index (χ1n) is 6.53. The van der Waals surface area contributed by atoms with Crippen molar-refractivity contribution >= 4 is 0 Å². The Morgan fingerprint density at radius 2 is 2.41 bits per heavy atom. The molecule has 1 fully saturated rings. The first-order valence-corrected chi connectivity index (χ1v) is 6.53. The van der Waals surface area contributed by atoms with Crippen molar-refractivity contribution in [3.05, 3.63) is 30.1 Å². The molecule has 1 aliphatic heterocycles. The van der Waals surface area contributed by atoms with Gasteiger partial charge in [0.1, 0.15) is 0 Å². The normalized spacial score (nSPS) is 26.7. The lowest BCUT2D eigenvalue weighted by Crippen LogP contribution is -2.45. The number of nitrogens with one attached hydrogen (secondary N) is 1. The molecule has 0 spiro atoms. The highest BCUT2D eigenvalue weighted by Crippen LogP contribution is 2.36. The van der Waals surface area contributed by atoms with E-state index >= 15 is 0 Å².